The molecule has 2 rings (SSSR count). The first kappa shape index (κ1) is 24.0. The maximum absolute atomic E-state index is 12.0. The summed E-state index contributed by atoms with van der Waals surface area (Å²) in [6.07, 6.45) is 5.19. The highest BCUT2D eigenvalue weighted by molar-refractivity contribution is 6.13. The number of nitrogens with zero attached hydrogens (tertiary/aromatic N) is 2. The third kappa shape index (κ3) is 6.59. The van der Waals surface area contributed by atoms with Gasteiger partial charge >= 0.3 is 11.9 Å². The fraction of sp³-hybridized carbons (Fsp3) is 0.524. The van der Waals surface area contributed by atoms with Crippen molar-refractivity contribution >= 4 is 35.6 Å². The van der Waals surface area contributed by atoms with E-state index >= 15 is 0 Å². The first-order valence-electron chi connectivity index (χ1n) is 10.0. The minimum absolute atomic E-state index is 0.0684. The Balaban J connectivity index is 1.62. The number of hydrogen-bond acceptors (Lipinski definition) is 8. The Labute approximate surface area is 179 Å². The van der Waals surface area contributed by atoms with Crippen LogP contribution in [-0.4, -0.2) is 70.7 Å². The minimum atomic E-state index is -0.573. The molecule has 2 aliphatic rings. The highest BCUT2D eigenvalue weighted by Crippen LogP contribution is 2.15. The average molecular weight is 434 g/mol. The van der Waals surface area contributed by atoms with Crippen molar-refractivity contribution in [1.82, 2.24) is 9.80 Å². The maximum Gasteiger partial charge on any atom is 0.306 e. The molecule has 10 nitrogen and oxygen atoms in total. The molecule has 3 atom stereocenters. The molecule has 0 saturated carbocycles. The number of imide groups is 2. The van der Waals surface area contributed by atoms with Crippen LogP contribution < -0.4 is 0 Å². The van der Waals surface area contributed by atoms with Gasteiger partial charge in [0.1, 0.15) is 13.2 Å². The van der Waals surface area contributed by atoms with Crippen LogP contribution in [0, 0.1) is 5.92 Å². The van der Waals surface area contributed by atoms with Gasteiger partial charge < -0.3 is 9.47 Å². The molecule has 2 aliphatic heterocycles. The summed E-state index contributed by atoms with van der Waals surface area (Å²) >= 11 is 0. The van der Waals surface area contributed by atoms with Gasteiger partial charge in [0.25, 0.3) is 23.6 Å². The van der Waals surface area contributed by atoms with Gasteiger partial charge in [0.05, 0.1) is 12.1 Å². The highest BCUT2D eigenvalue weighted by Gasteiger charge is 2.30. The van der Waals surface area contributed by atoms with E-state index in [2.05, 4.69) is 0 Å². The van der Waals surface area contributed by atoms with E-state index in [1.54, 1.807) is 20.8 Å². The fourth-order valence-corrected chi connectivity index (χ4v) is 3.15. The van der Waals surface area contributed by atoms with Crippen molar-refractivity contribution < 1.29 is 38.2 Å². The smallest absolute Gasteiger partial charge is 0.306 e. The fourth-order valence-electron chi connectivity index (χ4n) is 3.15. The van der Waals surface area contributed by atoms with Crippen LogP contribution in [0.15, 0.2) is 24.3 Å². The predicted octanol–water partition coefficient (Wildman–Crippen LogP) is 0.506. The van der Waals surface area contributed by atoms with Crippen LogP contribution in [0.4, 0.5) is 0 Å². The van der Waals surface area contributed by atoms with Gasteiger partial charge in [-0.1, -0.05) is 6.92 Å². The zero-order valence-corrected chi connectivity index (χ0v) is 17.7. The Hall–Kier alpha value is -3.30. The van der Waals surface area contributed by atoms with Gasteiger partial charge in [-0.05, 0) is 26.2 Å². The third-order valence-electron chi connectivity index (χ3n) is 4.90. The number of amides is 4. The van der Waals surface area contributed by atoms with E-state index in [4.69, 9.17) is 9.47 Å². The third-order valence-corrected chi connectivity index (χ3v) is 4.90. The maximum atomic E-state index is 12.0. The summed E-state index contributed by atoms with van der Waals surface area (Å²) < 4.78 is 10.3. The number of rotatable bonds is 11. The van der Waals surface area contributed by atoms with Crippen molar-refractivity contribution in [3.05, 3.63) is 24.3 Å². The summed E-state index contributed by atoms with van der Waals surface area (Å²) in [7, 11) is 0. The van der Waals surface area contributed by atoms with E-state index in [9.17, 15) is 28.8 Å². The molecule has 31 heavy (non-hydrogen) atoms. The molecule has 0 radical (unpaired) electrons. The molecule has 0 bridgehead atoms. The molecule has 0 aromatic rings. The second-order valence-electron chi connectivity index (χ2n) is 7.67. The number of hydrogen-bond donors (Lipinski definition) is 0. The molecule has 2 heterocycles. The summed E-state index contributed by atoms with van der Waals surface area (Å²) in [5.74, 6) is -2.91. The number of ether oxygens (including phenoxy) is 2. The van der Waals surface area contributed by atoms with E-state index in [1.807, 2.05) is 0 Å². The lowest BCUT2D eigenvalue weighted by Crippen LogP contribution is -2.41. The molecule has 0 aromatic heterocycles. The standard InChI is InChI=1S/C21H26N2O8/c1-13(10-21(29)31-12-15(3)23-18(26)7-8-19(23)27)4-9-20(28)30-11-14(2)22-16(24)5-6-17(22)25/h5-8,13-15H,4,9-12H2,1-3H3. The minimum Gasteiger partial charge on any atom is -0.463 e. The molecular weight excluding hydrogens is 408 g/mol. The Morgan fingerprint density at radius 1 is 0.742 bits per heavy atom. The van der Waals surface area contributed by atoms with Crippen molar-refractivity contribution in [2.45, 2.75) is 52.1 Å². The van der Waals surface area contributed by atoms with Crippen molar-refractivity contribution in [3.8, 4) is 0 Å². The zero-order chi connectivity index (χ0) is 23.1. The van der Waals surface area contributed by atoms with Crippen molar-refractivity contribution in [2.75, 3.05) is 13.2 Å². The molecule has 0 saturated heterocycles. The summed E-state index contributed by atoms with van der Waals surface area (Å²) in [5.41, 5.74) is 0. The molecule has 0 N–H and O–H groups in total. The molecule has 0 fully saturated rings. The summed E-state index contributed by atoms with van der Waals surface area (Å²) in [5, 5.41) is 0. The normalized spacial score (nSPS) is 18.5. The lowest BCUT2D eigenvalue weighted by atomic mass is 10.0. The monoisotopic (exact) mass is 434 g/mol. The van der Waals surface area contributed by atoms with Crippen LogP contribution >= 0.6 is 0 Å². The van der Waals surface area contributed by atoms with Gasteiger partial charge in [-0.25, -0.2) is 0 Å². The average Bonchev–Trinajstić information content (AvgIpc) is 3.23. The lowest BCUT2D eigenvalue weighted by molar-refractivity contribution is -0.151. The van der Waals surface area contributed by atoms with E-state index in [-0.39, 0.29) is 32.0 Å². The van der Waals surface area contributed by atoms with Crippen LogP contribution in [0.5, 0.6) is 0 Å². The molecule has 0 aliphatic carbocycles. The second-order valence-corrected chi connectivity index (χ2v) is 7.67. The number of carbonyl (C=O) groups is 6. The Morgan fingerprint density at radius 3 is 1.55 bits per heavy atom. The van der Waals surface area contributed by atoms with E-state index in [1.165, 1.54) is 24.3 Å². The van der Waals surface area contributed by atoms with Crippen LogP contribution in [0.2, 0.25) is 0 Å². The number of carbonyl (C=O) groups excluding carboxylic acids is 6. The van der Waals surface area contributed by atoms with Crippen molar-refractivity contribution in [3.63, 3.8) is 0 Å². The quantitative estimate of drug-likeness (QED) is 0.340. The van der Waals surface area contributed by atoms with Crippen LogP contribution in [0.1, 0.15) is 40.0 Å². The molecule has 0 spiro atoms. The van der Waals surface area contributed by atoms with Crippen LogP contribution in [-0.2, 0) is 38.2 Å². The highest BCUT2D eigenvalue weighted by atomic mass is 16.5. The second kappa shape index (κ2) is 10.6. The van der Waals surface area contributed by atoms with E-state index in [0.717, 1.165) is 9.80 Å². The molecular formula is C21H26N2O8. The van der Waals surface area contributed by atoms with E-state index in [0.29, 0.717) is 6.42 Å². The first-order chi connectivity index (χ1) is 14.6. The molecule has 3 unspecified atom stereocenters. The molecule has 10 heteroatoms. The van der Waals surface area contributed by atoms with Crippen LogP contribution in [0.25, 0.3) is 0 Å². The first-order valence-corrected chi connectivity index (χ1v) is 10.0. The molecule has 168 valence electrons. The van der Waals surface area contributed by atoms with Crippen molar-refractivity contribution in [1.29, 1.82) is 0 Å². The summed E-state index contributed by atoms with van der Waals surface area (Å²) in [4.78, 5) is 72.3. The van der Waals surface area contributed by atoms with Gasteiger partial charge in [-0.3, -0.25) is 38.6 Å². The predicted molar refractivity (Wildman–Crippen MR) is 106 cm³/mol. The van der Waals surface area contributed by atoms with Gasteiger partial charge in [-0.15, -0.1) is 0 Å². The Bertz CT molecular complexity index is 795. The SMILES string of the molecule is CC(CCC(=O)OCC(C)N1C(=O)C=CC1=O)CC(=O)OCC(C)N1C(=O)C=CC1=O. The van der Waals surface area contributed by atoms with E-state index < -0.39 is 47.7 Å². The Morgan fingerprint density at radius 2 is 1.13 bits per heavy atom. The largest absolute Gasteiger partial charge is 0.463 e. The Kier molecular flexibility index (Phi) is 8.23. The molecule has 0 aromatic carbocycles. The van der Waals surface area contributed by atoms with Gasteiger partial charge in [-0.2, -0.15) is 0 Å². The summed E-state index contributed by atoms with van der Waals surface area (Å²) in [6.45, 7) is 4.79. The zero-order valence-electron chi connectivity index (χ0n) is 17.7. The van der Waals surface area contributed by atoms with Gasteiger partial charge in [0.15, 0.2) is 0 Å². The van der Waals surface area contributed by atoms with Crippen molar-refractivity contribution in [2.24, 2.45) is 5.92 Å². The van der Waals surface area contributed by atoms with Gasteiger partial charge in [0.2, 0.25) is 0 Å². The topological polar surface area (TPSA) is 127 Å². The summed E-state index contributed by atoms with van der Waals surface area (Å²) in [6, 6.07) is -1.14. The number of esters is 2. The van der Waals surface area contributed by atoms with Crippen LogP contribution in [0.3, 0.4) is 0 Å². The lowest BCUT2D eigenvalue weighted by Gasteiger charge is -2.22. The van der Waals surface area contributed by atoms with Gasteiger partial charge in [0, 0.05) is 37.1 Å². The molecule has 4 amide bonds.